The van der Waals surface area contributed by atoms with Gasteiger partial charge >= 0.3 is 0 Å². The molecule has 2 nitrogen and oxygen atoms in total. The van der Waals surface area contributed by atoms with E-state index < -0.39 is 0 Å². The van der Waals surface area contributed by atoms with Gasteiger partial charge in [-0.1, -0.05) is 31.4 Å². The highest BCUT2D eigenvalue weighted by atomic mass is 16.5. The molecule has 0 atom stereocenters. The van der Waals surface area contributed by atoms with Crippen molar-refractivity contribution < 1.29 is 4.74 Å². The highest BCUT2D eigenvalue weighted by molar-refractivity contribution is 5.77. The molecular formula is C12H13NO. The van der Waals surface area contributed by atoms with Crippen LogP contribution in [0.4, 0.5) is 0 Å². The largest absolute Gasteiger partial charge is 0.496 e. The molecule has 1 rings (SSSR count). The number of methoxy groups -OCH3 is 1. The van der Waals surface area contributed by atoms with Gasteiger partial charge < -0.3 is 4.74 Å². The summed E-state index contributed by atoms with van der Waals surface area (Å²) >= 11 is 0. The van der Waals surface area contributed by atoms with E-state index in [1.165, 1.54) is 0 Å². The third-order valence-corrected chi connectivity index (χ3v) is 1.83. The Hall–Kier alpha value is -1.83. The molecule has 1 aromatic heterocycles. The minimum absolute atomic E-state index is 0.785. The van der Waals surface area contributed by atoms with Crippen LogP contribution < -0.4 is 4.74 Å². The Morgan fingerprint density at radius 2 is 2.29 bits per heavy atom. The Labute approximate surface area is 84.3 Å². The van der Waals surface area contributed by atoms with Crippen molar-refractivity contribution in [1.82, 2.24) is 4.98 Å². The Morgan fingerprint density at radius 1 is 1.50 bits per heavy atom. The molecule has 0 amide bonds. The van der Waals surface area contributed by atoms with Gasteiger partial charge in [0.1, 0.15) is 5.75 Å². The van der Waals surface area contributed by atoms with Crippen LogP contribution in [0.2, 0.25) is 0 Å². The first-order chi connectivity index (χ1) is 6.83. The van der Waals surface area contributed by atoms with Crippen LogP contribution in [0.3, 0.4) is 0 Å². The minimum Gasteiger partial charge on any atom is -0.496 e. The summed E-state index contributed by atoms with van der Waals surface area (Å²) in [7, 11) is 1.63. The monoisotopic (exact) mass is 187 g/mol. The highest BCUT2D eigenvalue weighted by Gasteiger charge is 2.03. The average molecular weight is 187 g/mol. The molecule has 0 saturated carbocycles. The molecule has 1 aromatic rings. The molecule has 0 radical (unpaired) electrons. The second-order valence-corrected chi connectivity index (χ2v) is 2.64. The summed E-state index contributed by atoms with van der Waals surface area (Å²) in [6, 6.07) is 1.82. The highest BCUT2D eigenvalue weighted by Crippen LogP contribution is 2.25. The maximum atomic E-state index is 5.21. The fourth-order valence-corrected chi connectivity index (χ4v) is 1.17. The van der Waals surface area contributed by atoms with Crippen molar-refractivity contribution in [1.29, 1.82) is 0 Å². The third kappa shape index (κ3) is 2.10. The van der Waals surface area contributed by atoms with E-state index >= 15 is 0 Å². The van der Waals surface area contributed by atoms with Crippen molar-refractivity contribution in [3.63, 3.8) is 0 Å². The standard InChI is InChI=1S/C12H13NO/c1-4-6-10(5-2)11-9-13-8-7-12(11)14-3/h4-9H,1-2H2,3H3/b10-6+. The van der Waals surface area contributed by atoms with Crippen molar-refractivity contribution in [3.8, 4) is 5.75 Å². The van der Waals surface area contributed by atoms with Gasteiger partial charge in [0.25, 0.3) is 0 Å². The summed E-state index contributed by atoms with van der Waals surface area (Å²) in [6.07, 6.45) is 8.77. The molecular weight excluding hydrogens is 174 g/mol. The Kier molecular flexibility index (Phi) is 3.68. The molecule has 0 saturated heterocycles. The molecule has 72 valence electrons. The predicted octanol–water partition coefficient (Wildman–Crippen LogP) is 2.85. The van der Waals surface area contributed by atoms with E-state index in [9.17, 15) is 0 Å². The van der Waals surface area contributed by atoms with Gasteiger partial charge in [-0.3, -0.25) is 4.98 Å². The van der Waals surface area contributed by atoms with Gasteiger partial charge in [-0.25, -0.2) is 0 Å². The summed E-state index contributed by atoms with van der Waals surface area (Å²) in [5, 5.41) is 0. The third-order valence-electron chi connectivity index (χ3n) is 1.83. The molecule has 0 fully saturated rings. The summed E-state index contributed by atoms with van der Waals surface area (Å²) in [5.41, 5.74) is 1.87. The van der Waals surface area contributed by atoms with Crippen molar-refractivity contribution in [2.24, 2.45) is 0 Å². The lowest BCUT2D eigenvalue weighted by Gasteiger charge is -2.07. The lowest BCUT2D eigenvalue weighted by molar-refractivity contribution is 0.413. The number of pyridine rings is 1. The van der Waals surface area contributed by atoms with E-state index in [1.54, 1.807) is 31.7 Å². The molecule has 0 bridgehead atoms. The first-order valence-corrected chi connectivity index (χ1v) is 4.27. The topological polar surface area (TPSA) is 22.1 Å². The molecule has 0 aliphatic carbocycles. The average Bonchev–Trinajstić information content (AvgIpc) is 2.26. The zero-order chi connectivity index (χ0) is 10.4. The van der Waals surface area contributed by atoms with Crippen molar-refractivity contribution >= 4 is 5.57 Å². The van der Waals surface area contributed by atoms with E-state index in [1.807, 2.05) is 12.1 Å². The minimum atomic E-state index is 0.785. The Bertz CT molecular complexity index is 366. The van der Waals surface area contributed by atoms with E-state index in [4.69, 9.17) is 4.74 Å². The second kappa shape index (κ2) is 5.02. The number of allylic oxidation sites excluding steroid dienone is 4. The van der Waals surface area contributed by atoms with Gasteiger partial charge in [-0.2, -0.15) is 0 Å². The van der Waals surface area contributed by atoms with Crippen LogP contribution in [0.1, 0.15) is 5.56 Å². The zero-order valence-electron chi connectivity index (χ0n) is 8.23. The Morgan fingerprint density at radius 3 is 2.86 bits per heavy atom. The fourth-order valence-electron chi connectivity index (χ4n) is 1.17. The zero-order valence-corrected chi connectivity index (χ0v) is 8.23. The van der Waals surface area contributed by atoms with Gasteiger partial charge in [-0.15, -0.1) is 0 Å². The molecule has 14 heavy (non-hydrogen) atoms. The van der Waals surface area contributed by atoms with Gasteiger partial charge in [0.2, 0.25) is 0 Å². The summed E-state index contributed by atoms with van der Waals surface area (Å²) in [6.45, 7) is 7.38. The number of hydrogen-bond donors (Lipinski definition) is 0. The van der Waals surface area contributed by atoms with E-state index in [-0.39, 0.29) is 0 Å². The molecule has 0 aromatic carbocycles. The molecule has 0 aliphatic heterocycles. The molecule has 0 aliphatic rings. The van der Waals surface area contributed by atoms with Gasteiger partial charge in [0.15, 0.2) is 0 Å². The van der Waals surface area contributed by atoms with E-state index in [0.717, 1.165) is 16.9 Å². The van der Waals surface area contributed by atoms with Crippen LogP contribution >= 0.6 is 0 Å². The quantitative estimate of drug-likeness (QED) is 0.676. The lowest BCUT2D eigenvalue weighted by atomic mass is 10.1. The van der Waals surface area contributed by atoms with Crippen LogP contribution in [0.15, 0.2) is 49.8 Å². The second-order valence-electron chi connectivity index (χ2n) is 2.64. The van der Waals surface area contributed by atoms with E-state index in [2.05, 4.69) is 18.1 Å². The van der Waals surface area contributed by atoms with Crippen LogP contribution in [0.5, 0.6) is 5.75 Å². The molecule has 0 unspecified atom stereocenters. The number of aromatic nitrogens is 1. The van der Waals surface area contributed by atoms with Gasteiger partial charge in [0, 0.05) is 18.0 Å². The SMILES string of the molecule is C=C/C=C(\C=C)c1cnccc1OC. The smallest absolute Gasteiger partial charge is 0.129 e. The molecule has 1 heterocycles. The lowest BCUT2D eigenvalue weighted by Crippen LogP contribution is -1.90. The summed E-state index contributed by atoms with van der Waals surface area (Å²) < 4.78 is 5.21. The number of nitrogens with zero attached hydrogens (tertiary/aromatic N) is 1. The number of rotatable bonds is 4. The molecule has 0 spiro atoms. The predicted molar refractivity (Wildman–Crippen MR) is 59.2 cm³/mol. The van der Waals surface area contributed by atoms with Crippen molar-refractivity contribution in [2.75, 3.05) is 7.11 Å². The summed E-state index contributed by atoms with van der Waals surface area (Å²) in [4.78, 5) is 4.04. The van der Waals surface area contributed by atoms with Crippen LogP contribution in [0.25, 0.3) is 5.57 Å². The maximum Gasteiger partial charge on any atom is 0.129 e. The first-order valence-electron chi connectivity index (χ1n) is 4.27. The van der Waals surface area contributed by atoms with Gasteiger partial charge in [-0.05, 0) is 11.6 Å². The molecule has 0 N–H and O–H groups in total. The van der Waals surface area contributed by atoms with Crippen LogP contribution in [0, 0.1) is 0 Å². The first kappa shape index (κ1) is 10.3. The summed E-state index contributed by atoms with van der Waals surface area (Å²) in [5.74, 6) is 0.785. The van der Waals surface area contributed by atoms with E-state index in [0.29, 0.717) is 0 Å². The Balaban J connectivity index is 3.21. The fraction of sp³-hybridized carbons (Fsp3) is 0.0833. The maximum absolute atomic E-state index is 5.21. The number of hydrogen-bond acceptors (Lipinski definition) is 2. The van der Waals surface area contributed by atoms with Crippen LogP contribution in [-0.2, 0) is 0 Å². The van der Waals surface area contributed by atoms with Crippen molar-refractivity contribution in [2.45, 2.75) is 0 Å². The molecule has 2 heteroatoms. The van der Waals surface area contributed by atoms with Crippen molar-refractivity contribution in [3.05, 3.63) is 55.4 Å². The number of ether oxygens (including phenoxy) is 1. The van der Waals surface area contributed by atoms with Gasteiger partial charge in [0.05, 0.1) is 7.11 Å². The normalized spacial score (nSPS) is 10.8. The van der Waals surface area contributed by atoms with Crippen LogP contribution in [-0.4, -0.2) is 12.1 Å².